The first-order valence-corrected chi connectivity index (χ1v) is 9.68. The molecular weight excluding hydrogens is 352 g/mol. The molecule has 0 spiro atoms. The molecule has 2 aromatic rings. The van der Waals surface area contributed by atoms with Gasteiger partial charge in [0.1, 0.15) is 6.54 Å². The Kier molecular flexibility index (Phi) is 7.24. The lowest BCUT2D eigenvalue weighted by Crippen LogP contribution is -3.11. The van der Waals surface area contributed by atoms with Gasteiger partial charge in [0.2, 0.25) is 0 Å². The molecule has 0 saturated carbocycles. The molecule has 0 aliphatic rings. The van der Waals surface area contributed by atoms with Crippen molar-refractivity contribution in [2.45, 2.75) is 33.2 Å². The van der Waals surface area contributed by atoms with E-state index in [0.717, 1.165) is 33.6 Å². The predicted octanol–water partition coefficient (Wildman–Crippen LogP) is 4.04. The minimum atomic E-state index is 0.0238. The number of thiophene rings is 1. The number of halogens is 1. The highest BCUT2D eigenvalue weighted by Gasteiger charge is 2.17. The summed E-state index contributed by atoms with van der Waals surface area (Å²) in [6.07, 6.45) is 1.85. The number of rotatable bonds is 8. The van der Waals surface area contributed by atoms with Gasteiger partial charge in [0.05, 0.1) is 15.8 Å². The Morgan fingerprint density at radius 1 is 1.36 bits per heavy atom. The standard InChI is InChI=1S/C20H25ClN2OS/c1-5-11-23(12-16-9-10-18(21)25-16)13-19(24)22-20-15(4)7-6-8-17(20)14(2)3/h5-10,14H,1,11-13H2,2-4H3,(H,22,24)/p+1. The van der Waals surface area contributed by atoms with Crippen molar-refractivity contribution >= 4 is 34.5 Å². The summed E-state index contributed by atoms with van der Waals surface area (Å²) in [5, 5.41) is 3.12. The van der Waals surface area contributed by atoms with Crippen LogP contribution in [0.4, 0.5) is 5.69 Å². The quantitative estimate of drug-likeness (QED) is 0.669. The third kappa shape index (κ3) is 5.70. The molecule has 2 N–H and O–H groups in total. The van der Waals surface area contributed by atoms with Gasteiger partial charge in [-0.3, -0.25) is 4.79 Å². The lowest BCUT2D eigenvalue weighted by Gasteiger charge is -2.19. The minimum Gasteiger partial charge on any atom is -0.321 e. The maximum absolute atomic E-state index is 12.6. The summed E-state index contributed by atoms with van der Waals surface area (Å²) < 4.78 is 0.777. The van der Waals surface area contributed by atoms with Gasteiger partial charge in [-0.15, -0.1) is 11.3 Å². The molecule has 5 heteroatoms. The fourth-order valence-corrected chi connectivity index (χ4v) is 4.02. The van der Waals surface area contributed by atoms with E-state index in [0.29, 0.717) is 12.5 Å². The van der Waals surface area contributed by atoms with Crippen molar-refractivity contribution < 1.29 is 9.69 Å². The molecule has 1 amide bonds. The van der Waals surface area contributed by atoms with E-state index in [2.05, 4.69) is 31.8 Å². The normalized spacial score (nSPS) is 12.2. The number of hydrogen-bond acceptors (Lipinski definition) is 2. The Morgan fingerprint density at radius 3 is 2.72 bits per heavy atom. The van der Waals surface area contributed by atoms with Gasteiger partial charge >= 0.3 is 0 Å². The van der Waals surface area contributed by atoms with E-state index in [4.69, 9.17) is 11.6 Å². The summed E-state index contributed by atoms with van der Waals surface area (Å²) in [7, 11) is 0. The molecular formula is C20H26ClN2OS+. The van der Waals surface area contributed by atoms with Crippen molar-refractivity contribution in [1.82, 2.24) is 0 Å². The average molecular weight is 378 g/mol. The van der Waals surface area contributed by atoms with E-state index in [1.807, 2.05) is 37.3 Å². The van der Waals surface area contributed by atoms with Crippen molar-refractivity contribution in [3.05, 3.63) is 63.3 Å². The van der Waals surface area contributed by atoms with Crippen LogP contribution >= 0.6 is 22.9 Å². The van der Waals surface area contributed by atoms with Gasteiger partial charge in [0.25, 0.3) is 5.91 Å². The smallest absolute Gasteiger partial charge is 0.279 e. The lowest BCUT2D eigenvalue weighted by atomic mass is 9.98. The van der Waals surface area contributed by atoms with Crippen molar-refractivity contribution in [3.63, 3.8) is 0 Å². The summed E-state index contributed by atoms with van der Waals surface area (Å²) in [6.45, 7) is 12.0. The summed E-state index contributed by atoms with van der Waals surface area (Å²) in [5.74, 6) is 0.385. The number of quaternary nitrogens is 1. The zero-order chi connectivity index (χ0) is 18.4. The van der Waals surface area contributed by atoms with E-state index in [9.17, 15) is 4.79 Å². The number of aryl methyl sites for hydroxylation is 1. The molecule has 0 radical (unpaired) electrons. The molecule has 0 aliphatic carbocycles. The second-order valence-corrected chi connectivity index (χ2v) is 8.34. The van der Waals surface area contributed by atoms with Crippen molar-refractivity contribution in [2.24, 2.45) is 0 Å². The Balaban J connectivity index is 2.08. The van der Waals surface area contributed by atoms with Crippen LogP contribution in [0.2, 0.25) is 4.34 Å². The van der Waals surface area contributed by atoms with E-state index >= 15 is 0 Å². The summed E-state index contributed by atoms with van der Waals surface area (Å²) >= 11 is 7.57. The summed E-state index contributed by atoms with van der Waals surface area (Å²) in [4.78, 5) is 14.9. The van der Waals surface area contributed by atoms with Crippen LogP contribution in [0.15, 0.2) is 43.0 Å². The predicted molar refractivity (Wildman–Crippen MR) is 108 cm³/mol. The zero-order valence-electron chi connectivity index (χ0n) is 15.1. The molecule has 0 bridgehead atoms. The Labute approximate surface area is 159 Å². The van der Waals surface area contributed by atoms with Crippen molar-refractivity contribution in [2.75, 3.05) is 18.4 Å². The number of para-hydroxylation sites is 1. The van der Waals surface area contributed by atoms with Crippen LogP contribution in [0, 0.1) is 6.92 Å². The monoisotopic (exact) mass is 377 g/mol. The fourth-order valence-electron chi connectivity index (χ4n) is 2.86. The molecule has 0 saturated heterocycles. The first-order valence-electron chi connectivity index (χ1n) is 8.48. The van der Waals surface area contributed by atoms with Crippen LogP contribution in [0.3, 0.4) is 0 Å². The molecule has 3 nitrogen and oxygen atoms in total. The van der Waals surface area contributed by atoms with Gasteiger partial charge < -0.3 is 10.2 Å². The highest BCUT2D eigenvalue weighted by atomic mass is 35.5. The zero-order valence-corrected chi connectivity index (χ0v) is 16.6. The Hall–Kier alpha value is -1.62. The van der Waals surface area contributed by atoms with E-state index < -0.39 is 0 Å². The largest absolute Gasteiger partial charge is 0.321 e. The molecule has 134 valence electrons. The number of carbonyl (C=O) groups is 1. The second kappa shape index (κ2) is 9.18. The van der Waals surface area contributed by atoms with Gasteiger partial charge in [-0.25, -0.2) is 0 Å². The summed E-state index contributed by atoms with van der Waals surface area (Å²) in [5.41, 5.74) is 3.21. The third-order valence-electron chi connectivity index (χ3n) is 4.09. The van der Waals surface area contributed by atoms with Gasteiger partial charge in [-0.05, 0) is 42.2 Å². The molecule has 1 heterocycles. The molecule has 1 aromatic heterocycles. The molecule has 0 fully saturated rings. The Bertz CT molecular complexity index is 739. The van der Waals surface area contributed by atoms with E-state index in [1.54, 1.807) is 11.3 Å². The SMILES string of the molecule is C=CC[NH+](CC(=O)Nc1c(C)cccc1C(C)C)Cc1ccc(Cl)s1. The topological polar surface area (TPSA) is 33.5 Å². The molecule has 1 unspecified atom stereocenters. The number of nitrogens with one attached hydrogen (secondary N) is 2. The highest BCUT2D eigenvalue weighted by molar-refractivity contribution is 7.16. The summed E-state index contributed by atoms with van der Waals surface area (Å²) in [6, 6.07) is 10.1. The van der Waals surface area contributed by atoms with Gasteiger partial charge in [-0.2, -0.15) is 0 Å². The second-order valence-electron chi connectivity index (χ2n) is 6.54. The van der Waals surface area contributed by atoms with Crippen molar-refractivity contribution in [3.8, 4) is 0 Å². The maximum atomic E-state index is 12.6. The lowest BCUT2D eigenvalue weighted by molar-refractivity contribution is -0.899. The van der Waals surface area contributed by atoms with Crippen LogP contribution in [-0.4, -0.2) is 19.0 Å². The van der Waals surface area contributed by atoms with Gasteiger partial charge in [-0.1, -0.05) is 50.2 Å². The number of anilines is 1. The maximum Gasteiger partial charge on any atom is 0.279 e. The number of carbonyl (C=O) groups excluding carboxylic acids is 1. The first kappa shape index (κ1) is 19.7. The Morgan fingerprint density at radius 2 is 2.12 bits per heavy atom. The third-order valence-corrected chi connectivity index (χ3v) is 5.32. The molecule has 2 rings (SSSR count). The van der Waals surface area contributed by atoms with E-state index in [-0.39, 0.29) is 5.91 Å². The van der Waals surface area contributed by atoms with Crippen LogP contribution in [0.25, 0.3) is 0 Å². The van der Waals surface area contributed by atoms with Crippen LogP contribution in [0.1, 0.15) is 35.8 Å². The van der Waals surface area contributed by atoms with Gasteiger partial charge in [0.15, 0.2) is 6.54 Å². The first-order chi connectivity index (χ1) is 11.9. The van der Waals surface area contributed by atoms with Crippen LogP contribution < -0.4 is 10.2 Å². The molecule has 25 heavy (non-hydrogen) atoms. The van der Waals surface area contributed by atoms with Crippen molar-refractivity contribution in [1.29, 1.82) is 0 Å². The fraction of sp³-hybridized carbons (Fsp3) is 0.350. The molecule has 1 aromatic carbocycles. The van der Waals surface area contributed by atoms with Crippen LogP contribution in [-0.2, 0) is 11.3 Å². The molecule has 0 aliphatic heterocycles. The average Bonchev–Trinajstić information content (AvgIpc) is 2.94. The van der Waals surface area contributed by atoms with Crippen LogP contribution in [0.5, 0.6) is 0 Å². The molecule has 1 atom stereocenters. The van der Waals surface area contributed by atoms with Gasteiger partial charge in [0, 0.05) is 5.69 Å². The minimum absolute atomic E-state index is 0.0238. The van der Waals surface area contributed by atoms with E-state index in [1.165, 1.54) is 10.4 Å². The number of hydrogen-bond donors (Lipinski definition) is 2. The number of amides is 1. The number of benzene rings is 1. The highest BCUT2D eigenvalue weighted by Crippen LogP contribution is 2.27.